The molecule has 8 heteroatoms. The monoisotopic (exact) mass is 534 g/mol. The lowest BCUT2D eigenvalue weighted by atomic mass is 10.0. The molecule has 2 fully saturated rings. The van der Waals surface area contributed by atoms with Gasteiger partial charge in [-0.3, -0.25) is 4.99 Å². The first kappa shape index (κ1) is 24.8. The molecule has 166 valence electrons. The Morgan fingerprint density at radius 2 is 1.69 bits per heavy atom. The first-order chi connectivity index (χ1) is 13.8. The molecule has 3 rings (SSSR count). The molecule has 6 nitrogen and oxygen atoms in total. The molecule has 0 bridgehead atoms. The summed E-state index contributed by atoms with van der Waals surface area (Å²) >= 11 is 1.72. The zero-order valence-corrected chi connectivity index (χ0v) is 21.3. The van der Waals surface area contributed by atoms with Crippen molar-refractivity contribution in [3.63, 3.8) is 0 Å². The van der Waals surface area contributed by atoms with Gasteiger partial charge >= 0.3 is 0 Å². The van der Waals surface area contributed by atoms with Gasteiger partial charge in [0.05, 0.1) is 0 Å². The van der Waals surface area contributed by atoms with Crippen LogP contribution in [0.4, 0.5) is 0 Å². The number of aliphatic imine (C=N–C) groups is 1. The summed E-state index contributed by atoms with van der Waals surface area (Å²) in [5.41, 5.74) is 0. The maximum Gasteiger partial charge on any atom is 0.191 e. The van der Waals surface area contributed by atoms with Gasteiger partial charge in [0.15, 0.2) is 11.1 Å². The summed E-state index contributed by atoms with van der Waals surface area (Å²) < 4.78 is 2.41. The van der Waals surface area contributed by atoms with Gasteiger partial charge in [-0.05, 0) is 44.3 Å². The third-order valence-electron chi connectivity index (χ3n) is 6.26. The highest BCUT2D eigenvalue weighted by molar-refractivity contribution is 14.0. The van der Waals surface area contributed by atoms with E-state index in [1.807, 2.05) is 7.05 Å². The molecule has 2 aliphatic rings. The van der Waals surface area contributed by atoms with Crippen LogP contribution in [0.2, 0.25) is 0 Å². The smallest absolute Gasteiger partial charge is 0.191 e. The van der Waals surface area contributed by atoms with Crippen molar-refractivity contribution in [3.05, 3.63) is 5.82 Å². The van der Waals surface area contributed by atoms with Gasteiger partial charge in [0, 0.05) is 32.6 Å². The van der Waals surface area contributed by atoms with E-state index in [-0.39, 0.29) is 24.0 Å². The molecule has 1 aromatic rings. The Labute approximate surface area is 197 Å². The maximum absolute atomic E-state index is 4.49. The largest absolute Gasteiger partial charge is 0.356 e. The number of hydrogen-bond donors (Lipinski definition) is 2. The number of rotatable bonds is 10. The van der Waals surface area contributed by atoms with E-state index in [1.54, 1.807) is 11.8 Å². The molecule has 0 unspecified atom stereocenters. The number of thioether (sulfide) groups is 1. The Morgan fingerprint density at radius 3 is 2.34 bits per heavy atom. The number of aryl methyl sites for hydroxylation is 1. The molecule has 1 heterocycles. The van der Waals surface area contributed by atoms with E-state index >= 15 is 0 Å². The Bertz CT molecular complexity index is 608. The zero-order valence-electron chi connectivity index (χ0n) is 18.2. The molecule has 0 spiro atoms. The van der Waals surface area contributed by atoms with Crippen molar-refractivity contribution < 1.29 is 0 Å². The van der Waals surface area contributed by atoms with Crippen LogP contribution in [0, 0.1) is 5.92 Å². The van der Waals surface area contributed by atoms with Crippen molar-refractivity contribution in [2.24, 2.45) is 10.9 Å². The second-order valence-corrected chi connectivity index (χ2v) is 9.01. The van der Waals surface area contributed by atoms with Crippen LogP contribution in [0.15, 0.2) is 10.1 Å². The average Bonchev–Trinajstić information content (AvgIpc) is 3.47. The molecule has 0 saturated heterocycles. The van der Waals surface area contributed by atoms with Crippen molar-refractivity contribution in [2.75, 3.05) is 26.4 Å². The minimum absolute atomic E-state index is 0. The van der Waals surface area contributed by atoms with Gasteiger partial charge in [-0.15, -0.1) is 34.2 Å². The molecular formula is C21H39IN6S. The van der Waals surface area contributed by atoms with Crippen molar-refractivity contribution >= 4 is 41.7 Å². The molecule has 29 heavy (non-hydrogen) atoms. The molecule has 0 radical (unpaired) electrons. The van der Waals surface area contributed by atoms with Crippen LogP contribution in [0.25, 0.3) is 0 Å². The van der Waals surface area contributed by atoms with Crippen LogP contribution >= 0.6 is 35.7 Å². The highest BCUT2D eigenvalue weighted by Crippen LogP contribution is 2.33. The van der Waals surface area contributed by atoms with Gasteiger partial charge < -0.3 is 15.2 Å². The van der Waals surface area contributed by atoms with E-state index < -0.39 is 0 Å². The summed E-state index contributed by atoms with van der Waals surface area (Å²) in [5.74, 6) is 3.05. The Kier molecular flexibility index (Phi) is 11.7. The van der Waals surface area contributed by atoms with Crippen LogP contribution in [0.5, 0.6) is 0 Å². The highest BCUT2D eigenvalue weighted by atomic mass is 127. The summed E-state index contributed by atoms with van der Waals surface area (Å²) in [4.78, 5) is 4.36. The normalized spacial score (nSPS) is 18.2. The van der Waals surface area contributed by atoms with Gasteiger partial charge in [-0.2, -0.15) is 0 Å². The minimum atomic E-state index is 0. The third-order valence-corrected chi connectivity index (χ3v) is 6.90. The predicted octanol–water partition coefficient (Wildman–Crippen LogP) is 4.80. The zero-order chi connectivity index (χ0) is 19.6. The Balaban J connectivity index is 0.00000300. The van der Waals surface area contributed by atoms with Crippen LogP contribution < -0.4 is 10.6 Å². The van der Waals surface area contributed by atoms with Gasteiger partial charge in [-0.1, -0.05) is 50.3 Å². The van der Waals surface area contributed by atoms with Crippen LogP contribution in [0.1, 0.15) is 82.5 Å². The molecule has 0 amide bonds. The predicted molar refractivity (Wildman–Crippen MR) is 134 cm³/mol. The van der Waals surface area contributed by atoms with E-state index in [4.69, 9.17) is 0 Å². The fourth-order valence-corrected chi connectivity index (χ4v) is 5.29. The van der Waals surface area contributed by atoms with Gasteiger partial charge in [0.1, 0.15) is 5.82 Å². The molecule has 2 N–H and O–H groups in total. The van der Waals surface area contributed by atoms with Crippen molar-refractivity contribution in [3.8, 4) is 0 Å². The molecule has 2 saturated carbocycles. The first-order valence-corrected chi connectivity index (χ1v) is 12.5. The van der Waals surface area contributed by atoms with Gasteiger partial charge in [0.2, 0.25) is 0 Å². The fraction of sp³-hybridized carbons (Fsp3) is 0.857. The number of halogens is 1. The lowest BCUT2D eigenvalue weighted by Crippen LogP contribution is -2.38. The summed E-state index contributed by atoms with van der Waals surface area (Å²) in [7, 11) is 1.85. The molecule has 0 aromatic carbocycles. The quantitative estimate of drug-likeness (QED) is 0.148. The second-order valence-electron chi connectivity index (χ2n) is 8.23. The summed E-state index contributed by atoms with van der Waals surface area (Å²) in [5, 5.41) is 16.9. The summed E-state index contributed by atoms with van der Waals surface area (Å²) in [6.07, 6.45) is 17.7. The van der Waals surface area contributed by atoms with Crippen molar-refractivity contribution in [2.45, 2.75) is 88.2 Å². The van der Waals surface area contributed by atoms with Crippen LogP contribution in [-0.2, 0) is 6.42 Å². The highest BCUT2D eigenvalue weighted by Gasteiger charge is 2.23. The maximum atomic E-state index is 4.49. The number of guanidine groups is 1. The molecule has 0 aliphatic heterocycles. The molecule has 2 aliphatic carbocycles. The fourth-order valence-electron chi connectivity index (χ4n) is 4.72. The van der Waals surface area contributed by atoms with E-state index in [2.05, 4.69) is 36.6 Å². The molecular weight excluding hydrogens is 495 g/mol. The lowest BCUT2D eigenvalue weighted by Gasteiger charge is -2.16. The van der Waals surface area contributed by atoms with Crippen LogP contribution in [0.3, 0.4) is 0 Å². The standard InChI is InChI=1S/C21H38N6S.HI/c1-22-20(23-15-7-11-17-9-3-4-10-17)24-16-8-14-19-25-26-21(28-2)27(19)18-12-5-6-13-18;/h17-18H,3-16H2,1-2H3,(H2,22,23,24);1H. The summed E-state index contributed by atoms with van der Waals surface area (Å²) in [6, 6.07) is 0.606. The van der Waals surface area contributed by atoms with Gasteiger partial charge in [-0.25, -0.2) is 0 Å². The SMILES string of the molecule is CN=C(NCCCc1nnc(SC)n1C1CCCC1)NCCCC1CCCC1.I. The topological polar surface area (TPSA) is 67.1 Å². The number of nitrogens with one attached hydrogen (secondary N) is 2. The number of hydrogen-bond acceptors (Lipinski definition) is 4. The van der Waals surface area contributed by atoms with E-state index in [0.29, 0.717) is 6.04 Å². The van der Waals surface area contributed by atoms with E-state index in [0.717, 1.165) is 48.8 Å². The minimum Gasteiger partial charge on any atom is -0.356 e. The van der Waals surface area contributed by atoms with E-state index in [1.165, 1.54) is 64.2 Å². The lowest BCUT2D eigenvalue weighted by molar-refractivity contribution is 0.460. The average molecular weight is 535 g/mol. The van der Waals surface area contributed by atoms with E-state index in [9.17, 15) is 0 Å². The number of aromatic nitrogens is 3. The Hall–Kier alpha value is -0.510. The van der Waals surface area contributed by atoms with Crippen molar-refractivity contribution in [1.29, 1.82) is 0 Å². The second kappa shape index (κ2) is 13.7. The molecule has 0 atom stereocenters. The van der Waals surface area contributed by atoms with Crippen LogP contribution in [-0.4, -0.2) is 47.1 Å². The Morgan fingerprint density at radius 1 is 1.03 bits per heavy atom. The third kappa shape index (κ3) is 7.60. The number of nitrogens with zero attached hydrogens (tertiary/aromatic N) is 4. The van der Waals surface area contributed by atoms with Crippen molar-refractivity contribution in [1.82, 2.24) is 25.4 Å². The van der Waals surface area contributed by atoms with Gasteiger partial charge in [0.25, 0.3) is 0 Å². The summed E-state index contributed by atoms with van der Waals surface area (Å²) in [6.45, 7) is 1.93. The molecule has 1 aromatic heterocycles. The first-order valence-electron chi connectivity index (χ1n) is 11.2.